The standard InChI is InChI=1S/C14H23N3/c1-14(2,3)12-11-15-6-5-13(12)17-9-7-16(4)8-10-17/h5-6,11H,7-10H2,1-4H3. The van der Waals surface area contributed by atoms with Crippen molar-refractivity contribution < 1.29 is 0 Å². The molecule has 17 heavy (non-hydrogen) atoms. The first-order valence-electron chi connectivity index (χ1n) is 6.36. The summed E-state index contributed by atoms with van der Waals surface area (Å²) < 4.78 is 0. The molecule has 0 spiro atoms. The topological polar surface area (TPSA) is 19.4 Å². The second-order valence-corrected chi connectivity index (χ2v) is 5.93. The first kappa shape index (κ1) is 12.4. The molecule has 3 heteroatoms. The van der Waals surface area contributed by atoms with Gasteiger partial charge in [-0.25, -0.2) is 0 Å². The molecule has 0 saturated carbocycles. The molecule has 1 fully saturated rings. The van der Waals surface area contributed by atoms with Crippen LogP contribution in [0.4, 0.5) is 5.69 Å². The number of nitrogens with zero attached hydrogens (tertiary/aromatic N) is 3. The summed E-state index contributed by atoms with van der Waals surface area (Å²) >= 11 is 0. The van der Waals surface area contributed by atoms with E-state index >= 15 is 0 Å². The third-order valence-corrected chi connectivity index (χ3v) is 3.45. The second-order valence-electron chi connectivity index (χ2n) is 5.93. The van der Waals surface area contributed by atoms with E-state index in [9.17, 15) is 0 Å². The van der Waals surface area contributed by atoms with Gasteiger partial charge in [0.2, 0.25) is 0 Å². The number of anilines is 1. The highest BCUT2D eigenvalue weighted by atomic mass is 15.2. The van der Waals surface area contributed by atoms with Crippen molar-refractivity contribution in [1.82, 2.24) is 9.88 Å². The van der Waals surface area contributed by atoms with Crippen LogP contribution >= 0.6 is 0 Å². The Morgan fingerprint density at radius 3 is 2.35 bits per heavy atom. The highest BCUT2D eigenvalue weighted by Gasteiger charge is 2.23. The summed E-state index contributed by atoms with van der Waals surface area (Å²) in [5.74, 6) is 0. The molecule has 0 N–H and O–H groups in total. The zero-order valence-corrected chi connectivity index (χ0v) is 11.4. The molecular weight excluding hydrogens is 210 g/mol. The van der Waals surface area contributed by atoms with Crippen LogP contribution in [0, 0.1) is 0 Å². The van der Waals surface area contributed by atoms with Crippen LogP contribution in [-0.2, 0) is 5.41 Å². The van der Waals surface area contributed by atoms with Crippen LogP contribution in [-0.4, -0.2) is 43.1 Å². The van der Waals surface area contributed by atoms with E-state index in [1.54, 1.807) is 0 Å². The number of hydrogen-bond acceptors (Lipinski definition) is 3. The SMILES string of the molecule is CN1CCN(c2ccncc2C(C)(C)C)CC1. The van der Waals surface area contributed by atoms with Gasteiger partial charge < -0.3 is 9.80 Å². The Hall–Kier alpha value is -1.09. The maximum Gasteiger partial charge on any atom is 0.0435 e. The van der Waals surface area contributed by atoms with Crippen LogP contribution in [0.2, 0.25) is 0 Å². The molecule has 0 radical (unpaired) electrons. The molecule has 0 bridgehead atoms. The van der Waals surface area contributed by atoms with E-state index in [1.807, 2.05) is 12.4 Å². The summed E-state index contributed by atoms with van der Waals surface area (Å²) in [4.78, 5) is 9.16. The van der Waals surface area contributed by atoms with Gasteiger partial charge in [-0.05, 0) is 24.1 Å². The number of likely N-dealkylation sites (N-methyl/N-ethyl adjacent to an activating group) is 1. The summed E-state index contributed by atoms with van der Waals surface area (Å²) in [5, 5.41) is 0. The number of rotatable bonds is 1. The maximum atomic E-state index is 4.28. The third kappa shape index (κ3) is 2.78. The second kappa shape index (κ2) is 4.65. The number of pyridine rings is 1. The van der Waals surface area contributed by atoms with Gasteiger partial charge in [0.25, 0.3) is 0 Å². The van der Waals surface area contributed by atoms with Crippen molar-refractivity contribution in [3.63, 3.8) is 0 Å². The minimum Gasteiger partial charge on any atom is -0.369 e. The lowest BCUT2D eigenvalue weighted by atomic mass is 9.86. The van der Waals surface area contributed by atoms with Crippen LogP contribution in [0.1, 0.15) is 26.3 Å². The van der Waals surface area contributed by atoms with Crippen LogP contribution < -0.4 is 4.90 Å². The number of piperazine rings is 1. The Morgan fingerprint density at radius 2 is 1.76 bits per heavy atom. The quantitative estimate of drug-likeness (QED) is 0.741. The summed E-state index contributed by atoms with van der Waals surface area (Å²) in [5.41, 5.74) is 2.87. The van der Waals surface area contributed by atoms with Crippen molar-refractivity contribution in [1.29, 1.82) is 0 Å². The highest BCUT2D eigenvalue weighted by Crippen LogP contribution is 2.31. The predicted molar refractivity (Wildman–Crippen MR) is 72.6 cm³/mol. The normalized spacial score (nSPS) is 18.5. The summed E-state index contributed by atoms with van der Waals surface area (Å²) in [7, 11) is 2.19. The first-order valence-corrected chi connectivity index (χ1v) is 6.36. The van der Waals surface area contributed by atoms with Crippen molar-refractivity contribution >= 4 is 5.69 Å². The molecule has 0 unspecified atom stereocenters. The molecule has 0 atom stereocenters. The van der Waals surface area contributed by atoms with Crippen LogP contribution in [0.5, 0.6) is 0 Å². The van der Waals surface area contributed by atoms with E-state index in [1.165, 1.54) is 11.3 Å². The van der Waals surface area contributed by atoms with E-state index in [2.05, 4.69) is 48.7 Å². The van der Waals surface area contributed by atoms with E-state index in [-0.39, 0.29) is 5.41 Å². The fraction of sp³-hybridized carbons (Fsp3) is 0.643. The zero-order chi connectivity index (χ0) is 12.5. The van der Waals surface area contributed by atoms with Gasteiger partial charge in [0.15, 0.2) is 0 Å². The molecule has 1 aliphatic heterocycles. The average Bonchev–Trinajstić information content (AvgIpc) is 2.29. The molecule has 0 amide bonds. The Kier molecular flexibility index (Phi) is 3.38. The molecule has 0 aromatic carbocycles. The molecule has 1 aliphatic rings. The van der Waals surface area contributed by atoms with Gasteiger partial charge in [0, 0.05) is 44.3 Å². The van der Waals surface area contributed by atoms with Gasteiger partial charge in [0.05, 0.1) is 0 Å². The lowest BCUT2D eigenvalue weighted by molar-refractivity contribution is 0.312. The molecule has 94 valence electrons. The number of aromatic nitrogens is 1. The Labute approximate surface area is 104 Å². The Bertz CT molecular complexity index is 373. The largest absolute Gasteiger partial charge is 0.369 e. The molecule has 1 saturated heterocycles. The van der Waals surface area contributed by atoms with Crippen LogP contribution in [0.25, 0.3) is 0 Å². The fourth-order valence-corrected chi connectivity index (χ4v) is 2.29. The lowest BCUT2D eigenvalue weighted by Gasteiger charge is -2.36. The van der Waals surface area contributed by atoms with Crippen molar-refractivity contribution in [3.05, 3.63) is 24.0 Å². The summed E-state index contributed by atoms with van der Waals surface area (Å²) in [6, 6.07) is 2.16. The monoisotopic (exact) mass is 233 g/mol. The van der Waals surface area contributed by atoms with Crippen molar-refractivity contribution in [3.8, 4) is 0 Å². The smallest absolute Gasteiger partial charge is 0.0435 e. The minimum absolute atomic E-state index is 0.160. The summed E-state index contributed by atoms with van der Waals surface area (Å²) in [6.45, 7) is 11.3. The molecule has 1 aromatic rings. The third-order valence-electron chi connectivity index (χ3n) is 3.45. The first-order chi connectivity index (χ1) is 7.98. The molecule has 2 rings (SSSR count). The van der Waals surface area contributed by atoms with Gasteiger partial charge in [-0.1, -0.05) is 20.8 Å². The molecule has 2 heterocycles. The van der Waals surface area contributed by atoms with Crippen molar-refractivity contribution in [2.24, 2.45) is 0 Å². The van der Waals surface area contributed by atoms with Gasteiger partial charge in [-0.3, -0.25) is 4.98 Å². The van der Waals surface area contributed by atoms with E-state index in [4.69, 9.17) is 0 Å². The van der Waals surface area contributed by atoms with Crippen molar-refractivity contribution in [2.75, 3.05) is 38.1 Å². The minimum atomic E-state index is 0.160. The highest BCUT2D eigenvalue weighted by molar-refractivity contribution is 5.55. The molecule has 3 nitrogen and oxygen atoms in total. The van der Waals surface area contributed by atoms with E-state index in [0.29, 0.717) is 0 Å². The Balaban J connectivity index is 2.26. The van der Waals surface area contributed by atoms with E-state index < -0.39 is 0 Å². The molecular formula is C14H23N3. The van der Waals surface area contributed by atoms with Gasteiger partial charge >= 0.3 is 0 Å². The Morgan fingerprint density at radius 1 is 1.12 bits per heavy atom. The van der Waals surface area contributed by atoms with E-state index in [0.717, 1.165) is 26.2 Å². The number of hydrogen-bond donors (Lipinski definition) is 0. The average molecular weight is 233 g/mol. The summed E-state index contributed by atoms with van der Waals surface area (Å²) in [6.07, 6.45) is 3.93. The molecule has 1 aromatic heterocycles. The fourth-order valence-electron chi connectivity index (χ4n) is 2.29. The predicted octanol–water partition coefficient (Wildman–Crippen LogP) is 2.13. The van der Waals surface area contributed by atoms with Gasteiger partial charge in [0.1, 0.15) is 0 Å². The maximum absolute atomic E-state index is 4.28. The van der Waals surface area contributed by atoms with Crippen LogP contribution in [0.15, 0.2) is 18.5 Å². The van der Waals surface area contributed by atoms with Crippen molar-refractivity contribution in [2.45, 2.75) is 26.2 Å². The zero-order valence-electron chi connectivity index (χ0n) is 11.4. The lowest BCUT2D eigenvalue weighted by Crippen LogP contribution is -2.45. The molecule has 0 aliphatic carbocycles. The van der Waals surface area contributed by atoms with Gasteiger partial charge in [-0.15, -0.1) is 0 Å². The van der Waals surface area contributed by atoms with Gasteiger partial charge in [-0.2, -0.15) is 0 Å². The van der Waals surface area contributed by atoms with Crippen LogP contribution in [0.3, 0.4) is 0 Å².